The predicted molar refractivity (Wildman–Crippen MR) is 121 cm³/mol. The largest absolute Gasteiger partial charge is 0.355 e. The van der Waals surface area contributed by atoms with Crippen LogP contribution in [0.25, 0.3) is 11.0 Å². The van der Waals surface area contributed by atoms with E-state index in [1.165, 1.54) is 23.6 Å². The summed E-state index contributed by atoms with van der Waals surface area (Å²) in [5.74, 6) is -0.363. The Bertz CT molecular complexity index is 1010. The number of carbonyl (C=O) groups excluding carboxylic acids is 1. The van der Waals surface area contributed by atoms with E-state index < -0.39 is 10.0 Å². The van der Waals surface area contributed by atoms with Crippen LogP contribution < -0.4 is 5.32 Å². The summed E-state index contributed by atoms with van der Waals surface area (Å²) in [6.07, 6.45) is 6.28. The van der Waals surface area contributed by atoms with Crippen molar-refractivity contribution in [3.63, 3.8) is 0 Å². The first kappa shape index (κ1) is 22.6. The van der Waals surface area contributed by atoms with Gasteiger partial charge in [-0.15, -0.1) is 0 Å². The number of amides is 1. The molecule has 3 heterocycles. The van der Waals surface area contributed by atoms with Gasteiger partial charge in [-0.05, 0) is 50.8 Å². The Morgan fingerprint density at radius 1 is 1.19 bits per heavy atom. The Kier molecular flexibility index (Phi) is 7.20. The van der Waals surface area contributed by atoms with E-state index in [1.807, 2.05) is 0 Å². The van der Waals surface area contributed by atoms with E-state index in [0.717, 1.165) is 31.2 Å². The van der Waals surface area contributed by atoms with E-state index in [1.54, 1.807) is 18.2 Å². The number of rotatable bonds is 7. The van der Waals surface area contributed by atoms with Crippen LogP contribution in [0.1, 0.15) is 45.4 Å². The number of piperidine rings is 2. The lowest BCUT2D eigenvalue weighted by atomic mass is 9.98. The van der Waals surface area contributed by atoms with Crippen LogP contribution in [0.15, 0.2) is 23.1 Å². The molecule has 2 aromatic rings. The quantitative estimate of drug-likeness (QED) is 0.675. The molecule has 0 bridgehead atoms. The van der Waals surface area contributed by atoms with Crippen molar-refractivity contribution in [2.45, 2.75) is 56.4 Å². The van der Waals surface area contributed by atoms with Gasteiger partial charge in [-0.25, -0.2) is 8.42 Å². The summed E-state index contributed by atoms with van der Waals surface area (Å²) in [6, 6.07) is 5.64. The summed E-state index contributed by atoms with van der Waals surface area (Å²) in [6.45, 7) is 5.43. The maximum Gasteiger partial charge on any atom is 0.245 e. The van der Waals surface area contributed by atoms with Crippen molar-refractivity contribution in [1.82, 2.24) is 23.3 Å². The summed E-state index contributed by atoms with van der Waals surface area (Å²) >= 11 is 1.01. The van der Waals surface area contributed by atoms with Gasteiger partial charge in [0.1, 0.15) is 15.9 Å². The zero-order chi connectivity index (χ0) is 21.8. The monoisotopic (exact) mass is 465 g/mol. The SMILES string of the molecule is CC[C@H]1CCCCN1CCNC(=O)[C@H]1CCCN(S(=O)(=O)c2cccc3nsnc23)C1. The summed E-state index contributed by atoms with van der Waals surface area (Å²) in [7, 11) is -3.72. The van der Waals surface area contributed by atoms with Gasteiger partial charge in [0.25, 0.3) is 0 Å². The average Bonchev–Trinajstić information content (AvgIpc) is 3.28. The van der Waals surface area contributed by atoms with Gasteiger partial charge in [0, 0.05) is 32.2 Å². The van der Waals surface area contributed by atoms with Crippen molar-refractivity contribution >= 4 is 38.7 Å². The van der Waals surface area contributed by atoms with Crippen LogP contribution in [0, 0.1) is 5.92 Å². The molecular weight excluding hydrogens is 434 g/mol. The molecule has 8 nitrogen and oxygen atoms in total. The van der Waals surface area contributed by atoms with Gasteiger partial charge < -0.3 is 5.32 Å². The fourth-order valence-electron chi connectivity index (χ4n) is 4.79. The van der Waals surface area contributed by atoms with Gasteiger partial charge >= 0.3 is 0 Å². The molecule has 2 aliphatic heterocycles. The molecule has 10 heteroatoms. The Morgan fingerprint density at radius 2 is 2.06 bits per heavy atom. The molecule has 1 aromatic carbocycles. The van der Waals surface area contributed by atoms with Gasteiger partial charge in [-0.1, -0.05) is 19.4 Å². The lowest BCUT2D eigenvalue weighted by Crippen LogP contribution is -2.47. The van der Waals surface area contributed by atoms with Crippen LogP contribution in [-0.4, -0.2) is 71.0 Å². The van der Waals surface area contributed by atoms with Gasteiger partial charge in [0.15, 0.2) is 0 Å². The molecule has 1 amide bonds. The molecule has 0 radical (unpaired) electrons. The zero-order valence-corrected chi connectivity index (χ0v) is 19.6. The number of nitrogens with zero attached hydrogens (tertiary/aromatic N) is 4. The van der Waals surface area contributed by atoms with Gasteiger partial charge in [-0.3, -0.25) is 9.69 Å². The maximum atomic E-state index is 13.3. The molecule has 2 fully saturated rings. The molecule has 1 aromatic heterocycles. The maximum absolute atomic E-state index is 13.3. The summed E-state index contributed by atoms with van der Waals surface area (Å²) in [4.78, 5) is 15.5. The molecule has 0 spiro atoms. The van der Waals surface area contributed by atoms with Gasteiger partial charge in [0.2, 0.25) is 15.9 Å². The van der Waals surface area contributed by atoms with E-state index in [2.05, 4.69) is 25.9 Å². The van der Waals surface area contributed by atoms with Gasteiger partial charge in [-0.2, -0.15) is 13.1 Å². The first-order valence-electron chi connectivity index (χ1n) is 11.2. The molecular formula is C21H31N5O3S2. The number of carbonyl (C=O) groups is 1. The van der Waals surface area contributed by atoms with Crippen LogP contribution >= 0.6 is 11.7 Å². The first-order valence-corrected chi connectivity index (χ1v) is 13.4. The molecule has 31 heavy (non-hydrogen) atoms. The second-order valence-electron chi connectivity index (χ2n) is 8.48. The molecule has 2 aliphatic rings. The third-order valence-corrected chi connectivity index (χ3v) is 8.98. The Labute approximate surface area is 188 Å². The standard InChI is InChI=1S/C21H31N5O3S2/c1-2-17-8-3-4-12-25(17)14-11-22-21(27)16-7-6-13-26(15-16)31(28,29)19-10-5-9-18-20(19)24-30-23-18/h5,9-10,16-17H,2-4,6-8,11-15H2,1H3,(H,22,27)/t16-,17-/m0/s1. The van der Waals surface area contributed by atoms with Crippen molar-refractivity contribution in [3.8, 4) is 0 Å². The second kappa shape index (κ2) is 9.89. The average molecular weight is 466 g/mol. The normalized spacial score (nSPS) is 23.8. The Hall–Kier alpha value is -1.62. The molecule has 170 valence electrons. The van der Waals surface area contributed by atoms with Crippen molar-refractivity contribution in [3.05, 3.63) is 18.2 Å². The fourth-order valence-corrected chi connectivity index (χ4v) is 7.06. The number of benzene rings is 1. The lowest BCUT2D eigenvalue weighted by Gasteiger charge is -2.35. The highest BCUT2D eigenvalue weighted by Gasteiger charge is 2.34. The molecule has 0 saturated carbocycles. The minimum absolute atomic E-state index is 0.0431. The van der Waals surface area contributed by atoms with E-state index in [-0.39, 0.29) is 23.3 Å². The smallest absolute Gasteiger partial charge is 0.245 e. The van der Waals surface area contributed by atoms with E-state index in [0.29, 0.717) is 43.0 Å². The third kappa shape index (κ3) is 4.92. The minimum Gasteiger partial charge on any atom is -0.355 e. The van der Waals surface area contributed by atoms with E-state index >= 15 is 0 Å². The van der Waals surface area contributed by atoms with Crippen LogP contribution in [-0.2, 0) is 14.8 Å². The molecule has 0 aliphatic carbocycles. The zero-order valence-electron chi connectivity index (χ0n) is 18.0. The Morgan fingerprint density at radius 3 is 2.90 bits per heavy atom. The van der Waals surface area contributed by atoms with Gasteiger partial charge in [0.05, 0.1) is 17.6 Å². The van der Waals surface area contributed by atoms with Crippen LogP contribution in [0.3, 0.4) is 0 Å². The fraction of sp³-hybridized carbons (Fsp3) is 0.667. The highest BCUT2D eigenvalue weighted by atomic mass is 32.2. The summed E-state index contributed by atoms with van der Waals surface area (Å²) in [5, 5.41) is 3.06. The second-order valence-corrected chi connectivity index (χ2v) is 10.9. The molecule has 4 rings (SSSR count). The molecule has 0 unspecified atom stereocenters. The van der Waals surface area contributed by atoms with Crippen molar-refractivity contribution in [2.24, 2.45) is 5.92 Å². The summed E-state index contributed by atoms with van der Waals surface area (Å²) < 4.78 is 36.3. The predicted octanol–water partition coefficient (Wildman–Crippen LogP) is 2.47. The van der Waals surface area contributed by atoms with Crippen LogP contribution in [0.5, 0.6) is 0 Å². The van der Waals surface area contributed by atoms with Crippen molar-refractivity contribution < 1.29 is 13.2 Å². The number of hydrogen-bond donors (Lipinski definition) is 1. The number of likely N-dealkylation sites (tertiary alicyclic amines) is 1. The van der Waals surface area contributed by atoms with E-state index in [4.69, 9.17) is 0 Å². The minimum atomic E-state index is -3.72. The highest BCUT2D eigenvalue weighted by Crippen LogP contribution is 2.28. The Balaban J connectivity index is 1.36. The van der Waals surface area contributed by atoms with Crippen LogP contribution in [0.2, 0.25) is 0 Å². The number of aromatic nitrogens is 2. The third-order valence-electron chi connectivity index (χ3n) is 6.54. The summed E-state index contributed by atoms with van der Waals surface area (Å²) in [5.41, 5.74) is 0.992. The highest BCUT2D eigenvalue weighted by molar-refractivity contribution is 7.89. The number of nitrogens with one attached hydrogen (secondary N) is 1. The lowest BCUT2D eigenvalue weighted by molar-refractivity contribution is -0.126. The van der Waals surface area contributed by atoms with Crippen molar-refractivity contribution in [2.75, 3.05) is 32.7 Å². The number of sulfonamides is 1. The molecule has 2 atom stereocenters. The topological polar surface area (TPSA) is 95.5 Å². The molecule has 2 saturated heterocycles. The number of fused-ring (bicyclic) bond motifs is 1. The molecule has 1 N–H and O–H groups in total. The van der Waals surface area contributed by atoms with Crippen molar-refractivity contribution in [1.29, 1.82) is 0 Å². The van der Waals surface area contributed by atoms with Crippen LogP contribution in [0.4, 0.5) is 0 Å². The van der Waals surface area contributed by atoms with E-state index in [9.17, 15) is 13.2 Å². The number of hydrogen-bond acceptors (Lipinski definition) is 7. The first-order chi connectivity index (χ1) is 15.0.